The van der Waals surface area contributed by atoms with Crippen LogP contribution in [-0.2, 0) is 0 Å². The van der Waals surface area contributed by atoms with E-state index in [0.29, 0.717) is 22.9 Å². The zero-order valence-electron chi connectivity index (χ0n) is 15.3. The second-order valence-electron chi connectivity index (χ2n) is 5.25. The number of methoxy groups -OCH3 is 3. The van der Waals surface area contributed by atoms with E-state index in [9.17, 15) is 14.9 Å². The Balaban J connectivity index is 2.01. The second kappa shape index (κ2) is 9.37. The second-order valence-corrected chi connectivity index (χ2v) is 5.66. The van der Waals surface area contributed by atoms with Crippen LogP contribution in [0, 0.1) is 10.1 Å². The molecule has 0 saturated heterocycles. The van der Waals surface area contributed by atoms with Crippen molar-refractivity contribution in [3.8, 4) is 17.2 Å². The predicted molar refractivity (Wildman–Crippen MR) is 106 cm³/mol. The fraction of sp³-hybridized carbons (Fsp3) is 0.176. The maximum atomic E-state index is 12.4. The molecule has 2 rings (SSSR count). The molecule has 148 valence electrons. The molecule has 0 atom stereocenters. The van der Waals surface area contributed by atoms with Crippen LogP contribution in [0.2, 0.25) is 0 Å². The number of thiocarbonyl (C=S) groups is 1. The lowest BCUT2D eigenvalue weighted by molar-refractivity contribution is -0.384. The molecule has 0 aromatic heterocycles. The highest BCUT2D eigenvalue weighted by atomic mass is 32.1. The normalized spacial score (nSPS) is 9.82. The van der Waals surface area contributed by atoms with Gasteiger partial charge in [0.15, 0.2) is 16.6 Å². The number of nitro groups is 1. The van der Waals surface area contributed by atoms with Gasteiger partial charge < -0.3 is 19.5 Å². The topological polar surface area (TPSA) is 124 Å². The molecular weight excluding hydrogens is 388 g/mol. The number of anilines is 1. The van der Waals surface area contributed by atoms with Crippen LogP contribution < -0.4 is 30.4 Å². The Hall–Kier alpha value is -3.60. The third-order valence-corrected chi connectivity index (χ3v) is 3.76. The molecule has 0 aliphatic rings. The van der Waals surface area contributed by atoms with Crippen molar-refractivity contribution in [3.05, 3.63) is 52.1 Å². The lowest BCUT2D eigenvalue weighted by Crippen LogP contribution is -2.43. The fourth-order valence-electron chi connectivity index (χ4n) is 2.23. The minimum Gasteiger partial charge on any atom is -0.493 e. The Morgan fingerprint density at radius 2 is 1.57 bits per heavy atom. The van der Waals surface area contributed by atoms with Gasteiger partial charge in [0.2, 0.25) is 5.75 Å². The molecule has 3 N–H and O–H groups in total. The number of hydrazine groups is 1. The molecule has 1 amide bonds. The Labute approximate surface area is 165 Å². The predicted octanol–water partition coefficient (Wildman–Crippen LogP) is 2.25. The summed E-state index contributed by atoms with van der Waals surface area (Å²) in [7, 11) is 4.35. The standard InChI is InChI=1S/C17H18N4O6S/c1-25-13-8-10(9-14(26-2)15(13)27-3)16(22)19-20-17(28)18-11-4-6-12(7-5-11)21(23)24/h4-9H,1-3H3,(H,19,22)(H2,18,20,28). The lowest BCUT2D eigenvalue weighted by atomic mass is 10.1. The lowest BCUT2D eigenvalue weighted by Gasteiger charge is -2.15. The Bertz CT molecular complexity index is 863. The van der Waals surface area contributed by atoms with E-state index in [1.165, 1.54) is 57.7 Å². The van der Waals surface area contributed by atoms with E-state index in [-0.39, 0.29) is 16.4 Å². The van der Waals surface area contributed by atoms with Gasteiger partial charge in [-0.3, -0.25) is 25.8 Å². The highest BCUT2D eigenvalue weighted by Crippen LogP contribution is 2.38. The zero-order chi connectivity index (χ0) is 20.7. The first-order chi connectivity index (χ1) is 13.4. The molecule has 0 radical (unpaired) electrons. The first-order valence-electron chi connectivity index (χ1n) is 7.81. The number of hydrogen-bond donors (Lipinski definition) is 3. The van der Waals surface area contributed by atoms with Crippen molar-refractivity contribution in [1.29, 1.82) is 0 Å². The van der Waals surface area contributed by atoms with Crippen LogP contribution in [0.15, 0.2) is 36.4 Å². The molecule has 0 heterocycles. The number of nitro benzene ring substituents is 1. The van der Waals surface area contributed by atoms with Crippen molar-refractivity contribution in [2.24, 2.45) is 0 Å². The van der Waals surface area contributed by atoms with Crippen molar-refractivity contribution in [1.82, 2.24) is 10.9 Å². The molecular formula is C17H18N4O6S. The molecule has 0 bridgehead atoms. The van der Waals surface area contributed by atoms with Crippen LogP contribution in [0.3, 0.4) is 0 Å². The SMILES string of the molecule is COc1cc(C(=O)NNC(=S)Nc2ccc([N+](=O)[O-])cc2)cc(OC)c1OC. The summed E-state index contributed by atoms with van der Waals surface area (Å²) < 4.78 is 15.6. The quantitative estimate of drug-likeness (QED) is 0.376. The van der Waals surface area contributed by atoms with E-state index < -0.39 is 10.8 Å². The van der Waals surface area contributed by atoms with Gasteiger partial charge in [-0.25, -0.2) is 0 Å². The molecule has 0 aliphatic heterocycles. The van der Waals surface area contributed by atoms with E-state index in [0.717, 1.165) is 0 Å². The number of non-ortho nitro benzene ring substituents is 1. The summed E-state index contributed by atoms with van der Waals surface area (Å²) in [6.07, 6.45) is 0. The van der Waals surface area contributed by atoms with E-state index in [2.05, 4.69) is 16.2 Å². The first-order valence-corrected chi connectivity index (χ1v) is 8.22. The number of amides is 1. The largest absolute Gasteiger partial charge is 0.493 e. The van der Waals surface area contributed by atoms with Crippen molar-refractivity contribution >= 4 is 34.6 Å². The molecule has 28 heavy (non-hydrogen) atoms. The molecule has 10 nitrogen and oxygen atoms in total. The van der Waals surface area contributed by atoms with Gasteiger partial charge in [0.1, 0.15) is 0 Å². The monoisotopic (exact) mass is 406 g/mol. The van der Waals surface area contributed by atoms with Crippen molar-refractivity contribution in [2.45, 2.75) is 0 Å². The highest BCUT2D eigenvalue weighted by Gasteiger charge is 2.17. The number of nitrogens with zero attached hydrogens (tertiary/aromatic N) is 1. The van der Waals surface area contributed by atoms with Crippen molar-refractivity contribution in [2.75, 3.05) is 26.6 Å². The summed E-state index contributed by atoms with van der Waals surface area (Å²) in [5.41, 5.74) is 5.71. The average Bonchev–Trinajstić information content (AvgIpc) is 2.71. The Kier molecular flexibility index (Phi) is 6.93. The van der Waals surface area contributed by atoms with Gasteiger partial charge in [-0.2, -0.15) is 0 Å². The van der Waals surface area contributed by atoms with E-state index in [1.54, 1.807) is 0 Å². The number of benzene rings is 2. The van der Waals surface area contributed by atoms with Crippen LogP contribution in [0.4, 0.5) is 11.4 Å². The summed E-state index contributed by atoms with van der Waals surface area (Å²) in [4.78, 5) is 22.5. The smallest absolute Gasteiger partial charge is 0.269 e. The minimum absolute atomic E-state index is 0.0415. The van der Waals surface area contributed by atoms with Gasteiger partial charge in [0.25, 0.3) is 11.6 Å². The summed E-state index contributed by atoms with van der Waals surface area (Å²) in [5, 5.41) is 13.5. The van der Waals surface area contributed by atoms with Crippen LogP contribution in [-0.4, -0.2) is 37.3 Å². The third-order valence-electron chi connectivity index (χ3n) is 3.55. The van der Waals surface area contributed by atoms with Crippen LogP contribution in [0.5, 0.6) is 17.2 Å². The number of carbonyl (C=O) groups is 1. The van der Waals surface area contributed by atoms with Gasteiger partial charge >= 0.3 is 0 Å². The first kappa shape index (κ1) is 20.7. The summed E-state index contributed by atoms with van der Waals surface area (Å²) in [6.45, 7) is 0. The van der Waals surface area contributed by atoms with Crippen molar-refractivity contribution < 1.29 is 23.9 Å². The fourth-order valence-corrected chi connectivity index (χ4v) is 2.40. The molecule has 0 saturated carbocycles. The maximum absolute atomic E-state index is 12.4. The molecule has 11 heteroatoms. The molecule has 0 unspecified atom stereocenters. The minimum atomic E-state index is -0.502. The van der Waals surface area contributed by atoms with Gasteiger partial charge in [-0.15, -0.1) is 0 Å². The molecule has 0 fully saturated rings. The van der Waals surface area contributed by atoms with E-state index in [4.69, 9.17) is 26.4 Å². The van der Waals surface area contributed by atoms with Gasteiger partial charge in [-0.05, 0) is 36.5 Å². The average molecular weight is 406 g/mol. The number of hydrogen-bond acceptors (Lipinski definition) is 7. The van der Waals surface area contributed by atoms with E-state index >= 15 is 0 Å². The maximum Gasteiger partial charge on any atom is 0.269 e. The number of nitrogens with one attached hydrogen (secondary N) is 3. The number of ether oxygens (including phenoxy) is 3. The van der Waals surface area contributed by atoms with Gasteiger partial charge in [0, 0.05) is 23.4 Å². The molecule has 2 aromatic carbocycles. The summed E-state index contributed by atoms with van der Waals surface area (Å²) >= 11 is 5.09. The summed E-state index contributed by atoms with van der Waals surface area (Å²) in [6, 6.07) is 8.63. The molecule has 0 spiro atoms. The highest BCUT2D eigenvalue weighted by molar-refractivity contribution is 7.80. The van der Waals surface area contributed by atoms with Crippen LogP contribution >= 0.6 is 12.2 Å². The number of rotatable bonds is 6. The molecule has 0 aliphatic carbocycles. The zero-order valence-corrected chi connectivity index (χ0v) is 16.1. The van der Waals surface area contributed by atoms with Gasteiger partial charge in [0.05, 0.1) is 26.3 Å². The van der Waals surface area contributed by atoms with Crippen LogP contribution in [0.1, 0.15) is 10.4 Å². The summed E-state index contributed by atoms with van der Waals surface area (Å²) in [5.74, 6) is 0.536. The number of carbonyl (C=O) groups excluding carboxylic acids is 1. The van der Waals surface area contributed by atoms with Gasteiger partial charge in [-0.1, -0.05) is 0 Å². The van der Waals surface area contributed by atoms with E-state index in [1.807, 2.05) is 0 Å². The molecule has 2 aromatic rings. The third kappa shape index (κ3) is 4.98. The van der Waals surface area contributed by atoms with Crippen LogP contribution in [0.25, 0.3) is 0 Å². The van der Waals surface area contributed by atoms with Crippen molar-refractivity contribution in [3.63, 3.8) is 0 Å². The Morgan fingerprint density at radius 1 is 1.00 bits per heavy atom. The Morgan fingerprint density at radius 3 is 2.04 bits per heavy atom.